The maximum atomic E-state index is 12.7. The van der Waals surface area contributed by atoms with Crippen molar-refractivity contribution in [3.8, 4) is 0 Å². The molecule has 15 heavy (non-hydrogen) atoms. The summed E-state index contributed by atoms with van der Waals surface area (Å²) in [5.74, 6) is -2.34. The van der Waals surface area contributed by atoms with Gasteiger partial charge < -0.3 is 11.1 Å². The highest BCUT2D eigenvalue weighted by atomic mass is 32.2. The second kappa shape index (κ2) is 5.65. The van der Waals surface area contributed by atoms with E-state index in [1.165, 1.54) is 0 Å². The maximum absolute atomic E-state index is 12.7. The van der Waals surface area contributed by atoms with E-state index >= 15 is 0 Å². The number of nitrogens with two attached hydrogens (primary N) is 1. The van der Waals surface area contributed by atoms with Crippen LogP contribution in [0.5, 0.6) is 0 Å². The molecule has 88 valence electrons. The Bertz CT molecular complexity index is 220. The minimum Gasteiger partial charge on any atom is -0.349 e. The van der Waals surface area contributed by atoms with Crippen molar-refractivity contribution in [1.29, 1.82) is 0 Å². The van der Waals surface area contributed by atoms with Crippen LogP contribution in [0, 0.1) is 0 Å². The van der Waals surface area contributed by atoms with E-state index in [1.54, 1.807) is 11.8 Å². The number of carbonyl (C=O) groups excluding carboxylic acids is 1. The molecule has 6 heteroatoms. The predicted molar refractivity (Wildman–Crippen MR) is 57.1 cm³/mol. The number of thioether (sulfide) groups is 1. The average Bonchev–Trinajstić information content (AvgIpc) is 2.27. The van der Waals surface area contributed by atoms with Crippen molar-refractivity contribution in [2.45, 2.75) is 30.4 Å². The second-order valence-corrected chi connectivity index (χ2v) is 4.94. The van der Waals surface area contributed by atoms with E-state index in [-0.39, 0.29) is 11.2 Å². The van der Waals surface area contributed by atoms with Crippen molar-refractivity contribution in [3.05, 3.63) is 0 Å². The number of hydrogen-bond donors (Lipinski definition) is 2. The Balaban J connectivity index is 2.28. The van der Waals surface area contributed by atoms with Gasteiger partial charge in [0.1, 0.15) is 0 Å². The second-order valence-electron chi connectivity index (χ2n) is 3.63. The fraction of sp³-hybridized carbons (Fsp3) is 0.889. The van der Waals surface area contributed by atoms with Crippen molar-refractivity contribution in [1.82, 2.24) is 5.32 Å². The largest absolute Gasteiger partial charge is 0.349 e. The van der Waals surface area contributed by atoms with Crippen LogP contribution in [0.2, 0.25) is 0 Å². The third kappa shape index (κ3) is 4.34. The molecule has 1 aliphatic heterocycles. The molecule has 1 atom stereocenters. The first-order valence-electron chi connectivity index (χ1n) is 5.02. The van der Waals surface area contributed by atoms with Crippen molar-refractivity contribution < 1.29 is 13.6 Å². The van der Waals surface area contributed by atoms with Crippen LogP contribution in [0.3, 0.4) is 0 Å². The first-order chi connectivity index (χ1) is 7.05. The molecule has 1 rings (SSSR count). The molecule has 0 aliphatic carbocycles. The van der Waals surface area contributed by atoms with Crippen molar-refractivity contribution >= 4 is 17.7 Å². The Morgan fingerprint density at radius 1 is 1.53 bits per heavy atom. The molecule has 3 N–H and O–H groups in total. The van der Waals surface area contributed by atoms with E-state index in [9.17, 15) is 13.6 Å². The summed E-state index contributed by atoms with van der Waals surface area (Å²) in [6.07, 6.45) is 2.89. The zero-order valence-corrected chi connectivity index (χ0v) is 9.29. The minimum absolute atomic E-state index is 0.160. The van der Waals surface area contributed by atoms with E-state index in [2.05, 4.69) is 5.32 Å². The highest BCUT2D eigenvalue weighted by molar-refractivity contribution is 8.00. The fourth-order valence-electron chi connectivity index (χ4n) is 1.35. The summed E-state index contributed by atoms with van der Waals surface area (Å²) in [4.78, 5) is 11.5. The fourth-order valence-corrected chi connectivity index (χ4v) is 2.57. The van der Waals surface area contributed by atoms with Crippen LogP contribution >= 0.6 is 11.8 Å². The highest BCUT2D eigenvalue weighted by Crippen LogP contribution is 2.25. The highest BCUT2D eigenvalue weighted by Gasteiger charge is 2.29. The number of rotatable bonds is 4. The third-order valence-electron chi connectivity index (χ3n) is 2.29. The number of halogens is 2. The molecule has 1 unspecified atom stereocenters. The zero-order chi connectivity index (χ0) is 11.3. The van der Waals surface area contributed by atoms with Crippen LogP contribution < -0.4 is 11.1 Å². The van der Waals surface area contributed by atoms with Crippen LogP contribution in [-0.4, -0.2) is 35.9 Å². The quantitative estimate of drug-likeness (QED) is 0.767. The lowest BCUT2D eigenvalue weighted by molar-refractivity contribution is -0.122. The summed E-state index contributed by atoms with van der Waals surface area (Å²) in [7, 11) is 0. The summed E-state index contributed by atoms with van der Waals surface area (Å²) < 4.78 is 25.5. The van der Waals surface area contributed by atoms with Crippen LogP contribution in [0.15, 0.2) is 0 Å². The van der Waals surface area contributed by atoms with Crippen LogP contribution in [0.25, 0.3) is 0 Å². The predicted octanol–water partition coefficient (Wildman–Crippen LogP) is 0.982. The standard InChI is InChI=1S/C9H16F2N2OS/c10-9(11,5-12)6-13-8(14)7-3-1-2-4-15-7/h7H,1-6,12H2,(H,13,14). The van der Waals surface area contributed by atoms with Crippen LogP contribution in [-0.2, 0) is 4.79 Å². The summed E-state index contributed by atoms with van der Waals surface area (Å²) in [6, 6.07) is 0. The lowest BCUT2D eigenvalue weighted by Gasteiger charge is -2.22. The molecular formula is C9H16F2N2OS. The van der Waals surface area contributed by atoms with Gasteiger partial charge in [0.25, 0.3) is 5.92 Å². The molecular weight excluding hydrogens is 222 g/mol. The molecule has 0 aromatic carbocycles. The monoisotopic (exact) mass is 238 g/mol. The molecule has 1 amide bonds. The van der Waals surface area contributed by atoms with Gasteiger partial charge in [-0.1, -0.05) is 6.42 Å². The maximum Gasteiger partial charge on any atom is 0.277 e. The molecule has 0 aromatic heterocycles. The molecule has 1 saturated heterocycles. The van der Waals surface area contributed by atoms with Gasteiger partial charge in [0.2, 0.25) is 5.91 Å². The van der Waals surface area contributed by atoms with Crippen LogP contribution in [0.4, 0.5) is 8.78 Å². The van der Waals surface area contributed by atoms with Gasteiger partial charge in [-0.25, -0.2) is 8.78 Å². The Morgan fingerprint density at radius 3 is 2.80 bits per heavy atom. The van der Waals surface area contributed by atoms with Crippen LogP contribution in [0.1, 0.15) is 19.3 Å². The SMILES string of the molecule is NCC(F)(F)CNC(=O)C1CCCCS1. The molecule has 0 spiro atoms. The number of nitrogens with one attached hydrogen (secondary N) is 1. The van der Waals surface area contributed by atoms with E-state index in [0.717, 1.165) is 25.0 Å². The number of hydrogen-bond acceptors (Lipinski definition) is 3. The Hall–Kier alpha value is -0.360. The van der Waals surface area contributed by atoms with E-state index in [1.807, 2.05) is 0 Å². The Labute approximate surface area is 92.2 Å². The summed E-state index contributed by atoms with van der Waals surface area (Å²) in [5.41, 5.74) is 4.86. The van der Waals surface area contributed by atoms with Gasteiger partial charge in [0.05, 0.1) is 18.3 Å². The summed E-state index contributed by atoms with van der Waals surface area (Å²) in [6.45, 7) is -1.38. The molecule has 0 saturated carbocycles. The third-order valence-corrected chi connectivity index (χ3v) is 3.67. The first-order valence-corrected chi connectivity index (χ1v) is 6.07. The normalized spacial score (nSPS) is 22.5. The van der Waals surface area contributed by atoms with E-state index < -0.39 is 19.0 Å². The molecule has 1 fully saturated rings. The van der Waals surface area contributed by atoms with Gasteiger partial charge in [-0.15, -0.1) is 11.8 Å². The lowest BCUT2D eigenvalue weighted by Crippen LogP contribution is -2.44. The van der Waals surface area contributed by atoms with Gasteiger partial charge in [0.15, 0.2) is 0 Å². The summed E-state index contributed by atoms with van der Waals surface area (Å²) in [5, 5.41) is 2.09. The number of alkyl halides is 2. The van der Waals surface area contributed by atoms with E-state index in [0.29, 0.717) is 0 Å². The van der Waals surface area contributed by atoms with E-state index in [4.69, 9.17) is 5.73 Å². The smallest absolute Gasteiger partial charge is 0.277 e. The molecule has 0 bridgehead atoms. The van der Waals surface area contributed by atoms with Gasteiger partial charge >= 0.3 is 0 Å². The van der Waals surface area contributed by atoms with Gasteiger partial charge in [0, 0.05) is 0 Å². The number of carbonyl (C=O) groups is 1. The molecule has 3 nitrogen and oxygen atoms in total. The lowest BCUT2D eigenvalue weighted by atomic mass is 10.2. The topological polar surface area (TPSA) is 55.1 Å². The number of amides is 1. The summed E-state index contributed by atoms with van der Waals surface area (Å²) >= 11 is 1.54. The average molecular weight is 238 g/mol. The van der Waals surface area contributed by atoms with Crippen molar-refractivity contribution in [3.63, 3.8) is 0 Å². The van der Waals surface area contributed by atoms with Crippen molar-refractivity contribution in [2.75, 3.05) is 18.8 Å². The zero-order valence-electron chi connectivity index (χ0n) is 8.47. The molecule has 0 radical (unpaired) electrons. The Morgan fingerprint density at radius 2 is 2.27 bits per heavy atom. The van der Waals surface area contributed by atoms with Gasteiger partial charge in [-0.2, -0.15) is 0 Å². The van der Waals surface area contributed by atoms with Gasteiger partial charge in [-0.3, -0.25) is 4.79 Å². The first kappa shape index (κ1) is 12.7. The molecule has 1 aliphatic rings. The Kier molecular flexibility index (Phi) is 4.79. The van der Waals surface area contributed by atoms with Crippen molar-refractivity contribution in [2.24, 2.45) is 5.73 Å². The minimum atomic E-state index is -2.99. The molecule has 0 aromatic rings. The molecule has 1 heterocycles. The van der Waals surface area contributed by atoms with Gasteiger partial charge in [-0.05, 0) is 18.6 Å².